The highest BCUT2D eigenvalue weighted by Gasteiger charge is 2.59. The first-order valence-corrected chi connectivity index (χ1v) is 11.6. The molecule has 0 saturated carbocycles. The Balaban J connectivity index is 1.61. The fourth-order valence-corrected chi connectivity index (χ4v) is 6.04. The van der Waals surface area contributed by atoms with Crippen LogP contribution in [0.5, 0.6) is 0 Å². The molecule has 1 spiro atoms. The third-order valence-corrected chi connectivity index (χ3v) is 7.51. The van der Waals surface area contributed by atoms with Crippen molar-refractivity contribution in [1.82, 2.24) is 4.90 Å². The van der Waals surface area contributed by atoms with Crippen molar-refractivity contribution in [3.63, 3.8) is 0 Å². The molecule has 33 heavy (non-hydrogen) atoms. The van der Waals surface area contributed by atoms with Crippen LogP contribution in [-0.4, -0.2) is 29.0 Å². The van der Waals surface area contributed by atoms with Crippen LogP contribution in [0.25, 0.3) is 0 Å². The number of aryl methyl sites for hydroxylation is 1. The molecule has 164 valence electrons. The van der Waals surface area contributed by atoms with E-state index in [1.807, 2.05) is 31.2 Å². The van der Waals surface area contributed by atoms with Gasteiger partial charge in [0.25, 0.3) is 11.8 Å². The van der Waals surface area contributed by atoms with E-state index in [2.05, 4.69) is 6.07 Å². The van der Waals surface area contributed by atoms with Gasteiger partial charge >= 0.3 is 0 Å². The zero-order valence-electron chi connectivity index (χ0n) is 17.9. The molecule has 0 aliphatic carbocycles. The van der Waals surface area contributed by atoms with Gasteiger partial charge in [0, 0.05) is 17.9 Å². The van der Waals surface area contributed by atoms with Crippen LogP contribution < -0.4 is 4.90 Å². The van der Waals surface area contributed by atoms with Crippen molar-refractivity contribution in [2.45, 2.75) is 18.3 Å². The number of carbonyl (C=O) groups excluding carboxylic acids is 2. The summed E-state index contributed by atoms with van der Waals surface area (Å²) in [5.41, 5.74) is 3.75. The number of benzene rings is 3. The van der Waals surface area contributed by atoms with Gasteiger partial charge in [-0.1, -0.05) is 42.0 Å². The second-order valence-electron chi connectivity index (χ2n) is 8.15. The van der Waals surface area contributed by atoms with Crippen LogP contribution in [0, 0.1) is 24.1 Å². The number of carbonyl (C=O) groups is 2. The second-order valence-corrected chi connectivity index (χ2v) is 9.44. The standard InChI is InChI=1S/C26H20FN3O2S/c1-17-9-10-23-21(13-17)26(25(32)29(23)16-19-6-4-5-18(14-19)15-28)30(11-12-33-26)24(31)20-7-2-3-8-22(20)27/h2-10,13-14H,11-12,16H2,1H3/t26-/m0/s1. The Hall–Kier alpha value is -3.63. The minimum atomic E-state index is -1.24. The SMILES string of the molecule is Cc1ccc2c(c1)[C@]1(SCCN1C(=O)c1ccccc1F)C(=O)N2Cc1cccc(C#N)c1. The molecule has 5 rings (SSSR count). The molecule has 0 aromatic heterocycles. The molecule has 7 heteroatoms. The number of rotatable bonds is 3. The normalized spacial score (nSPS) is 19.1. The number of thioether (sulfide) groups is 1. The van der Waals surface area contributed by atoms with Crippen molar-refractivity contribution in [3.8, 4) is 6.07 Å². The molecule has 3 aromatic carbocycles. The lowest BCUT2D eigenvalue weighted by atomic mass is 10.0. The Morgan fingerprint density at radius 3 is 2.76 bits per heavy atom. The van der Waals surface area contributed by atoms with Gasteiger partial charge in [0.2, 0.25) is 0 Å². The van der Waals surface area contributed by atoms with Gasteiger partial charge in [-0.25, -0.2) is 4.39 Å². The monoisotopic (exact) mass is 457 g/mol. The third-order valence-electron chi connectivity index (χ3n) is 6.10. The lowest BCUT2D eigenvalue weighted by Gasteiger charge is -2.33. The van der Waals surface area contributed by atoms with Crippen LogP contribution in [-0.2, 0) is 16.2 Å². The number of hydrogen-bond acceptors (Lipinski definition) is 4. The molecule has 5 nitrogen and oxygen atoms in total. The van der Waals surface area contributed by atoms with E-state index in [0.717, 1.165) is 22.4 Å². The van der Waals surface area contributed by atoms with Crippen LogP contribution in [0.4, 0.5) is 10.1 Å². The van der Waals surface area contributed by atoms with E-state index in [-0.39, 0.29) is 18.0 Å². The van der Waals surface area contributed by atoms with Gasteiger partial charge in [0.1, 0.15) is 5.82 Å². The molecule has 2 aliphatic heterocycles. The summed E-state index contributed by atoms with van der Waals surface area (Å²) in [5, 5.41) is 9.25. The molecule has 0 bridgehead atoms. The summed E-state index contributed by atoms with van der Waals surface area (Å²) < 4.78 is 14.5. The average Bonchev–Trinajstić information content (AvgIpc) is 3.36. The molecule has 1 fully saturated rings. The molecule has 0 radical (unpaired) electrons. The Kier molecular flexibility index (Phi) is 5.18. The van der Waals surface area contributed by atoms with E-state index in [0.29, 0.717) is 17.9 Å². The number of amides is 2. The molecule has 1 saturated heterocycles. The minimum absolute atomic E-state index is 0.0402. The zero-order valence-corrected chi connectivity index (χ0v) is 18.7. The Morgan fingerprint density at radius 1 is 1.15 bits per heavy atom. The highest BCUT2D eigenvalue weighted by atomic mass is 32.2. The zero-order chi connectivity index (χ0) is 23.2. The summed E-state index contributed by atoms with van der Waals surface area (Å²) in [6.07, 6.45) is 0. The van der Waals surface area contributed by atoms with Gasteiger partial charge in [-0.15, -0.1) is 11.8 Å². The predicted octanol–water partition coefficient (Wildman–Crippen LogP) is 4.59. The Morgan fingerprint density at radius 2 is 1.97 bits per heavy atom. The average molecular weight is 458 g/mol. The van der Waals surface area contributed by atoms with Gasteiger partial charge < -0.3 is 9.80 Å². The molecular weight excluding hydrogens is 437 g/mol. The largest absolute Gasteiger partial charge is 0.311 e. The van der Waals surface area contributed by atoms with Crippen LogP contribution >= 0.6 is 11.8 Å². The van der Waals surface area contributed by atoms with E-state index in [9.17, 15) is 19.2 Å². The highest BCUT2D eigenvalue weighted by Crippen LogP contribution is 2.55. The van der Waals surface area contributed by atoms with Crippen LogP contribution in [0.3, 0.4) is 0 Å². The summed E-state index contributed by atoms with van der Waals surface area (Å²) >= 11 is 1.41. The third kappa shape index (κ3) is 3.30. The van der Waals surface area contributed by atoms with Gasteiger partial charge in [0.05, 0.1) is 29.4 Å². The number of anilines is 1. The molecule has 0 unspecified atom stereocenters. The smallest absolute Gasteiger partial charge is 0.268 e. The van der Waals surface area contributed by atoms with Gasteiger partial charge in [-0.2, -0.15) is 5.26 Å². The fourth-order valence-electron chi connectivity index (χ4n) is 4.59. The van der Waals surface area contributed by atoms with E-state index in [1.165, 1.54) is 34.9 Å². The van der Waals surface area contributed by atoms with E-state index in [1.54, 1.807) is 29.2 Å². The van der Waals surface area contributed by atoms with Gasteiger partial charge in [0.15, 0.2) is 4.87 Å². The summed E-state index contributed by atoms with van der Waals surface area (Å²) in [5.74, 6) is -0.753. The predicted molar refractivity (Wildman–Crippen MR) is 125 cm³/mol. The first-order chi connectivity index (χ1) is 16.0. The highest BCUT2D eigenvalue weighted by molar-refractivity contribution is 8.01. The first kappa shape index (κ1) is 21.2. The molecule has 2 aliphatic rings. The van der Waals surface area contributed by atoms with Crippen molar-refractivity contribution in [2.24, 2.45) is 0 Å². The number of fused-ring (bicyclic) bond motifs is 2. The van der Waals surface area contributed by atoms with Crippen molar-refractivity contribution >= 4 is 29.3 Å². The number of nitriles is 1. The molecule has 2 amide bonds. The van der Waals surface area contributed by atoms with Crippen LogP contribution in [0.2, 0.25) is 0 Å². The van der Waals surface area contributed by atoms with E-state index in [4.69, 9.17) is 0 Å². The van der Waals surface area contributed by atoms with Crippen molar-refractivity contribution < 1.29 is 14.0 Å². The Labute approximate surface area is 195 Å². The van der Waals surface area contributed by atoms with Crippen LogP contribution in [0.15, 0.2) is 66.7 Å². The maximum Gasteiger partial charge on any atom is 0.268 e. The summed E-state index contributed by atoms with van der Waals surface area (Å²) in [6, 6.07) is 20.9. The fraction of sp³-hybridized carbons (Fsp3) is 0.192. The van der Waals surface area contributed by atoms with Gasteiger partial charge in [-0.05, 0) is 42.8 Å². The molecule has 3 aromatic rings. The number of nitrogens with zero attached hydrogens (tertiary/aromatic N) is 3. The quantitative estimate of drug-likeness (QED) is 0.577. The summed E-state index contributed by atoms with van der Waals surface area (Å²) in [4.78, 5) is 29.5. The lowest BCUT2D eigenvalue weighted by molar-refractivity contribution is -0.123. The van der Waals surface area contributed by atoms with Crippen LogP contribution in [0.1, 0.15) is 32.6 Å². The maximum atomic E-state index is 14.5. The lowest BCUT2D eigenvalue weighted by Crippen LogP contribution is -2.50. The molecule has 2 heterocycles. The maximum absolute atomic E-state index is 14.5. The molecular formula is C26H20FN3O2S. The van der Waals surface area contributed by atoms with Gasteiger partial charge in [-0.3, -0.25) is 9.59 Å². The minimum Gasteiger partial charge on any atom is -0.311 e. The topological polar surface area (TPSA) is 64.4 Å². The second kappa shape index (κ2) is 8.05. The first-order valence-electron chi connectivity index (χ1n) is 10.6. The van der Waals surface area contributed by atoms with Crippen molar-refractivity contribution in [3.05, 3.63) is 100 Å². The summed E-state index contributed by atoms with van der Waals surface area (Å²) in [6.45, 7) is 2.56. The number of hydrogen-bond donors (Lipinski definition) is 0. The molecule has 0 N–H and O–H groups in total. The summed E-state index contributed by atoms with van der Waals surface area (Å²) in [7, 11) is 0. The number of halogens is 1. The van der Waals surface area contributed by atoms with E-state index >= 15 is 0 Å². The van der Waals surface area contributed by atoms with Crippen molar-refractivity contribution in [1.29, 1.82) is 5.26 Å². The van der Waals surface area contributed by atoms with Crippen molar-refractivity contribution in [2.75, 3.05) is 17.2 Å². The Bertz CT molecular complexity index is 1340. The van der Waals surface area contributed by atoms with E-state index < -0.39 is 16.6 Å². The molecule has 1 atom stereocenters.